The summed E-state index contributed by atoms with van der Waals surface area (Å²) in [5, 5.41) is 12.3. The van der Waals surface area contributed by atoms with Crippen molar-refractivity contribution in [2.45, 2.75) is 18.2 Å². The normalized spacial score (nSPS) is 21.9. The minimum Gasteiger partial charge on any atom is -0.478 e. The zero-order valence-corrected chi connectivity index (χ0v) is 19.2. The Labute approximate surface area is 200 Å². The molecule has 1 saturated carbocycles. The molecule has 1 aromatic heterocycles. The first-order valence-electron chi connectivity index (χ1n) is 9.56. The van der Waals surface area contributed by atoms with Crippen LogP contribution in [0.1, 0.15) is 17.3 Å². The summed E-state index contributed by atoms with van der Waals surface area (Å²) >= 11 is 13.3. The lowest BCUT2D eigenvalue weighted by Crippen LogP contribution is -2.65. The number of fused-ring (bicyclic) bond motifs is 2. The molecule has 1 amide bonds. The Kier molecular flexibility index (Phi) is 6.26. The van der Waals surface area contributed by atoms with Crippen LogP contribution >= 0.6 is 35.0 Å². The van der Waals surface area contributed by atoms with Crippen molar-refractivity contribution in [2.75, 3.05) is 12.4 Å². The number of ketones is 1. The molecule has 4 rings (SSSR count). The summed E-state index contributed by atoms with van der Waals surface area (Å²) in [6.07, 6.45) is 0. The van der Waals surface area contributed by atoms with Gasteiger partial charge in [0, 0.05) is 28.3 Å². The predicted molar refractivity (Wildman–Crippen MR) is 120 cm³/mol. The number of aliphatic carboxylic acids is 1. The van der Waals surface area contributed by atoms with E-state index in [1.807, 2.05) is 0 Å². The smallest absolute Gasteiger partial charge is 0.349 e. The van der Waals surface area contributed by atoms with Crippen LogP contribution in [0.5, 0.6) is 0 Å². The number of carbonyl (C=O) groups excluding carboxylic acids is 3. The Bertz CT molecular complexity index is 1320. The number of benzene rings is 1. The van der Waals surface area contributed by atoms with E-state index in [0.29, 0.717) is 11.0 Å². The number of carboxylic acids is 1. The summed E-state index contributed by atoms with van der Waals surface area (Å²) in [5.41, 5.74) is -1.00. The molecule has 0 radical (unpaired) electrons. The van der Waals surface area contributed by atoms with Gasteiger partial charge in [-0.25, -0.2) is 9.59 Å². The van der Waals surface area contributed by atoms with Gasteiger partial charge in [-0.15, -0.1) is 0 Å². The van der Waals surface area contributed by atoms with Crippen molar-refractivity contribution in [3.8, 4) is 0 Å². The number of carbonyl (C=O) groups is 4. The molecular formula is C21H15Cl2NO8S. The second-order valence-electron chi connectivity index (χ2n) is 7.46. The van der Waals surface area contributed by atoms with Gasteiger partial charge in [0.15, 0.2) is 11.4 Å². The number of rotatable bonds is 5. The molecule has 2 N–H and O–H groups in total. The summed E-state index contributed by atoms with van der Waals surface area (Å²) in [4.78, 5) is 60.8. The van der Waals surface area contributed by atoms with E-state index in [1.165, 1.54) is 36.9 Å². The van der Waals surface area contributed by atoms with Gasteiger partial charge in [0.2, 0.25) is 0 Å². The van der Waals surface area contributed by atoms with Crippen LogP contribution in [-0.4, -0.2) is 52.4 Å². The average molecular weight is 512 g/mol. The highest BCUT2D eigenvalue weighted by Crippen LogP contribution is 2.45. The summed E-state index contributed by atoms with van der Waals surface area (Å²) in [6.45, 7) is 0.978. The minimum absolute atomic E-state index is 0.0711. The third-order valence-corrected chi connectivity index (χ3v) is 7.32. The predicted octanol–water partition coefficient (Wildman–Crippen LogP) is 2.46. The van der Waals surface area contributed by atoms with Crippen molar-refractivity contribution in [2.24, 2.45) is 5.92 Å². The molecule has 1 unspecified atom stereocenters. The molecule has 1 fully saturated rings. The Morgan fingerprint density at radius 1 is 1.24 bits per heavy atom. The van der Waals surface area contributed by atoms with E-state index in [2.05, 4.69) is 5.32 Å². The van der Waals surface area contributed by atoms with Crippen LogP contribution in [0.4, 0.5) is 0 Å². The SMILES string of the molecule is CC(=O)OCC1=C(C(=O)O)C2C(=O)[C@@H](NC(=O)c3cc4cc(Cl)cc(Cl)c4oc3=O)[C@H]2SC1. The fourth-order valence-electron chi connectivity index (χ4n) is 3.86. The largest absolute Gasteiger partial charge is 0.478 e. The van der Waals surface area contributed by atoms with E-state index in [1.54, 1.807) is 0 Å². The maximum atomic E-state index is 12.8. The van der Waals surface area contributed by atoms with Gasteiger partial charge in [0.1, 0.15) is 18.2 Å². The summed E-state index contributed by atoms with van der Waals surface area (Å²) in [7, 11) is 0. The van der Waals surface area contributed by atoms with Crippen LogP contribution in [0.25, 0.3) is 11.0 Å². The first-order valence-corrected chi connectivity index (χ1v) is 11.4. The van der Waals surface area contributed by atoms with Crippen LogP contribution < -0.4 is 10.9 Å². The van der Waals surface area contributed by atoms with Crippen molar-refractivity contribution in [1.82, 2.24) is 5.32 Å². The monoisotopic (exact) mass is 511 g/mol. The van der Waals surface area contributed by atoms with Crippen LogP contribution in [0, 0.1) is 5.92 Å². The fraction of sp³-hybridized carbons (Fsp3) is 0.286. The number of halogens is 2. The van der Waals surface area contributed by atoms with Gasteiger partial charge in [-0.1, -0.05) is 23.2 Å². The van der Waals surface area contributed by atoms with Crippen molar-refractivity contribution in [3.05, 3.63) is 55.4 Å². The molecule has 172 valence electrons. The Morgan fingerprint density at radius 2 is 1.97 bits per heavy atom. The van der Waals surface area contributed by atoms with Gasteiger partial charge >= 0.3 is 17.6 Å². The molecule has 1 aliphatic heterocycles. The highest BCUT2D eigenvalue weighted by atomic mass is 35.5. The Balaban J connectivity index is 1.57. The Hall–Kier alpha value is -2.82. The zero-order valence-electron chi connectivity index (χ0n) is 16.8. The van der Waals surface area contributed by atoms with E-state index in [0.717, 1.165) is 0 Å². The number of amides is 1. The van der Waals surface area contributed by atoms with Crippen LogP contribution in [0.15, 0.2) is 38.6 Å². The van der Waals surface area contributed by atoms with Gasteiger partial charge in [0.05, 0.1) is 16.5 Å². The standard InChI is InChI=1S/C21H15Cl2NO8S/c1-7(25)31-5-9-6-33-18-14(13(9)20(28)29)16(26)15(18)24-19(27)11-3-8-2-10(22)4-12(23)17(8)32-21(11)30/h2-4,14-15,18H,5-6H2,1H3,(H,24,27)(H,28,29)/t14?,15-,18+/m1/s1. The van der Waals surface area contributed by atoms with Crippen molar-refractivity contribution < 1.29 is 33.4 Å². The number of carboxylic acid groups (broad SMARTS) is 1. The Morgan fingerprint density at radius 3 is 2.64 bits per heavy atom. The van der Waals surface area contributed by atoms with Crippen LogP contribution in [0.2, 0.25) is 10.0 Å². The first kappa shape index (κ1) is 23.3. The molecule has 2 aliphatic rings. The lowest BCUT2D eigenvalue weighted by atomic mass is 9.71. The third kappa shape index (κ3) is 4.25. The molecule has 9 nitrogen and oxygen atoms in total. The summed E-state index contributed by atoms with van der Waals surface area (Å²) in [6, 6.07) is 3.14. The van der Waals surface area contributed by atoms with Gasteiger partial charge in [-0.3, -0.25) is 14.4 Å². The number of thioether (sulfide) groups is 1. The summed E-state index contributed by atoms with van der Waals surface area (Å²) in [5.74, 6) is -3.94. The first-order chi connectivity index (χ1) is 15.6. The quantitative estimate of drug-likeness (QED) is 0.457. The molecule has 0 saturated heterocycles. The third-order valence-electron chi connectivity index (χ3n) is 5.37. The van der Waals surface area contributed by atoms with E-state index in [-0.39, 0.29) is 39.1 Å². The number of nitrogens with one attached hydrogen (secondary N) is 1. The van der Waals surface area contributed by atoms with Crippen LogP contribution in [0.3, 0.4) is 0 Å². The van der Waals surface area contributed by atoms with Crippen molar-refractivity contribution in [1.29, 1.82) is 0 Å². The topological polar surface area (TPSA) is 140 Å². The minimum atomic E-state index is -1.28. The summed E-state index contributed by atoms with van der Waals surface area (Å²) < 4.78 is 10.1. The molecule has 33 heavy (non-hydrogen) atoms. The van der Waals surface area contributed by atoms with Gasteiger partial charge < -0.3 is 19.6 Å². The number of hydrogen-bond acceptors (Lipinski definition) is 8. The number of hydrogen-bond donors (Lipinski definition) is 2. The molecule has 0 bridgehead atoms. The molecule has 2 aromatic rings. The number of ether oxygens (including phenoxy) is 1. The van der Waals surface area contributed by atoms with E-state index in [9.17, 15) is 29.1 Å². The van der Waals surface area contributed by atoms with Gasteiger partial charge in [-0.2, -0.15) is 11.8 Å². The molecule has 2 heterocycles. The number of esters is 1. The molecule has 0 spiro atoms. The number of Topliss-reactive ketones (excluding diaryl/α,β-unsaturated/α-hetero) is 1. The molecule has 1 aliphatic carbocycles. The lowest BCUT2D eigenvalue weighted by molar-refractivity contribution is -0.141. The molecule has 3 atom stereocenters. The lowest BCUT2D eigenvalue weighted by Gasteiger charge is -2.46. The molecule has 1 aromatic carbocycles. The maximum Gasteiger partial charge on any atom is 0.349 e. The zero-order chi connectivity index (χ0) is 24.0. The average Bonchev–Trinajstić information content (AvgIpc) is 2.75. The fourth-order valence-corrected chi connectivity index (χ4v) is 5.90. The van der Waals surface area contributed by atoms with E-state index < -0.39 is 46.5 Å². The second kappa shape index (κ2) is 8.85. The highest BCUT2D eigenvalue weighted by molar-refractivity contribution is 8.00. The second-order valence-corrected chi connectivity index (χ2v) is 9.47. The van der Waals surface area contributed by atoms with Gasteiger partial charge in [-0.05, 0) is 23.8 Å². The van der Waals surface area contributed by atoms with Crippen molar-refractivity contribution in [3.63, 3.8) is 0 Å². The highest BCUT2D eigenvalue weighted by Gasteiger charge is 2.56. The van der Waals surface area contributed by atoms with Crippen LogP contribution in [-0.2, 0) is 19.1 Å². The molecular weight excluding hydrogens is 497 g/mol. The maximum absolute atomic E-state index is 12.8. The van der Waals surface area contributed by atoms with E-state index in [4.69, 9.17) is 32.4 Å². The van der Waals surface area contributed by atoms with E-state index >= 15 is 0 Å². The van der Waals surface area contributed by atoms with Crippen molar-refractivity contribution >= 4 is 69.6 Å². The molecule has 12 heteroatoms. The van der Waals surface area contributed by atoms with Gasteiger partial charge in [0.25, 0.3) is 5.91 Å².